The number of rotatable bonds is 2. The summed E-state index contributed by atoms with van der Waals surface area (Å²) in [6.07, 6.45) is -9.52. The van der Waals surface area contributed by atoms with Crippen molar-refractivity contribution in [3.63, 3.8) is 0 Å². The minimum Gasteiger partial charge on any atom is -0.507 e. The van der Waals surface area contributed by atoms with Gasteiger partial charge in [0.05, 0.1) is 5.56 Å². The Morgan fingerprint density at radius 2 is 1.55 bits per heavy atom. The number of aromatic hydroxyl groups is 1. The van der Waals surface area contributed by atoms with Gasteiger partial charge in [0.25, 0.3) is 0 Å². The topological polar surface area (TPSA) is 29.5 Å². The summed E-state index contributed by atoms with van der Waals surface area (Å²) in [6, 6.07) is 6.79. The van der Waals surface area contributed by atoms with Crippen LogP contribution in [0.2, 0.25) is 0 Å². The molecule has 2 aromatic rings. The Kier molecular flexibility index (Phi) is 3.95. The van der Waals surface area contributed by atoms with Gasteiger partial charge in [-0.05, 0) is 29.8 Å². The number of hydrogen-bond acceptors (Lipinski definition) is 2. The number of hydrogen-bond donors (Lipinski definition) is 1. The van der Waals surface area contributed by atoms with E-state index < -0.39 is 29.6 Å². The fourth-order valence-electron chi connectivity index (χ4n) is 1.81. The van der Waals surface area contributed by atoms with Crippen molar-refractivity contribution in [2.24, 2.45) is 0 Å². The molecule has 0 unspecified atom stereocenters. The Bertz CT molecular complexity index is 676. The molecule has 0 atom stereocenters. The first kappa shape index (κ1) is 16.0. The SMILES string of the molecule is Oc1cc(C(F)(F)F)ccc1-c1cccc(OC(F)(F)F)c1. The maximum Gasteiger partial charge on any atom is 0.573 e. The predicted molar refractivity (Wildman–Crippen MR) is 65.2 cm³/mol. The molecule has 118 valence electrons. The van der Waals surface area contributed by atoms with Gasteiger partial charge in [0.2, 0.25) is 0 Å². The molecule has 0 aromatic heterocycles. The molecule has 22 heavy (non-hydrogen) atoms. The minimum atomic E-state index is -4.89. The van der Waals surface area contributed by atoms with Crippen LogP contribution in [-0.4, -0.2) is 11.5 Å². The largest absolute Gasteiger partial charge is 0.573 e. The highest BCUT2D eigenvalue weighted by Gasteiger charge is 2.32. The first-order valence-electron chi connectivity index (χ1n) is 5.83. The van der Waals surface area contributed by atoms with Crippen molar-refractivity contribution in [1.29, 1.82) is 0 Å². The van der Waals surface area contributed by atoms with Crippen LogP contribution in [0.1, 0.15) is 5.56 Å². The highest BCUT2D eigenvalue weighted by molar-refractivity contribution is 5.71. The molecule has 0 aliphatic carbocycles. The van der Waals surface area contributed by atoms with Gasteiger partial charge in [0, 0.05) is 5.56 Å². The summed E-state index contributed by atoms with van der Waals surface area (Å²) in [5, 5.41) is 9.67. The van der Waals surface area contributed by atoms with Gasteiger partial charge in [0.15, 0.2) is 0 Å². The third-order valence-corrected chi connectivity index (χ3v) is 2.70. The van der Waals surface area contributed by atoms with Gasteiger partial charge >= 0.3 is 12.5 Å². The van der Waals surface area contributed by atoms with Crippen molar-refractivity contribution >= 4 is 0 Å². The maximum absolute atomic E-state index is 12.5. The monoisotopic (exact) mass is 322 g/mol. The Hall–Kier alpha value is -2.38. The second kappa shape index (κ2) is 5.43. The summed E-state index contributed by atoms with van der Waals surface area (Å²) in [4.78, 5) is 0. The number of phenolic OH excluding ortho intramolecular Hbond substituents is 1. The highest BCUT2D eigenvalue weighted by atomic mass is 19.4. The van der Waals surface area contributed by atoms with E-state index in [1.807, 2.05) is 0 Å². The van der Waals surface area contributed by atoms with Gasteiger partial charge in [-0.1, -0.05) is 18.2 Å². The van der Waals surface area contributed by atoms with E-state index in [-0.39, 0.29) is 11.1 Å². The van der Waals surface area contributed by atoms with E-state index in [9.17, 15) is 31.4 Å². The van der Waals surface area contributed by atoms with Crippen LogP contribution < -0.4 is 4.74 Å². The minimum absolute atomic E-state index is 0.0411. The van der Waals surface area contributed by atoms with Gasteiger partial charge < -0.3 is 9.84 Å². The Labute approximate surface area is 120 Å². The zero-order valence-corrected chi connectivity index (χ0v) is 10.7. The van der Waals surface area contributed by atoms with E-state index in [0.29, 0.717) is 6.07 Å². The van der Waals surface area contributed by atoms with Gasteiger partial charge in [-0.2, -0.15) is 13.2 Å². The van der Waals surface area contributed by atoms with Gasteiger partial charge in [-0.25, -0.2) is 0 Å². The van der Waals surface area contributed by atoms with Gasteiger partial charge in [-0.15, -0.1) is 13.2 Å². The molecule has 0 amide bonds. The van der Waals surface area contributed by atoms with Gasteiger partial charge in [0.1, 0.15) is 11.5 Å². The lowest BCUT2D eigenvalue weighted by molar-refractivity contribution is -0.274. The van der Waals surface area contributed by atoms with Crippen molar-refractivity contribution in [3.8, 4) is 22.6 Å². The number of ether oxygens (including phenoxy) is 1. The van der Waals surface area contributed by atoms with Crippen molar-refractivity contribution < 1.29 is 36.2 Å². The van der Waals surface area contributed by atoms with Crippen LogP contribution in [0.3, 0.4) is 0 Å². The Balaban J connectivity index is 2.38. The second-order valence-electron chi connectivity index (χ2n) is 4.31. The molecule has 0 bridgehead atoms. The summed E-state index contributed by atoms with van der Waals surface area (Å²) >= 11 is 0. The van der Waals surface area contributed by atoms with Crippen molar-refractivity contribution in [3.05, 3.63) is 48.0 Å². The smallest absolute Gasteiger partial charge is 0.507 e. The zero-order chi connectivity index (χ0) is 16.5. The Morgan fingerprint density at radius 3 is 2.09 bits per heavy atom. The highest BCUT2D eigenvalue weighted by Crippen LogP contribution is 2.37. The predicted octanol–water partition coefficient (Wildman–Crippen LogP) is 4.98. The molecule has 0 saturated carbocycles. The summed E-state index contributed by atoms with van der Waals surface area (Å²) in [6.45, 7) is 0. The molecule has 1 N–H and O–H groups in total. The van der Waals surface area contributed by atoms with E-state index in [2.05, 4.69) is 4.74 Å². The van der Waals surface area contributed by atoms with E-state index in [1.165, 1.54) is 12.1 Å². The molecule has 0 aliphatic rings. The molecule has 8 heteroatoms. The third-order valence-electron chi connectivity index (χ3n) is 2.70. The average Bonchev–Trinajstić information content (AvgIpc) is 2.35. The summed E-state index contributed by atoms with van der Waals surface area (Å²) in [5.74, 6) is -1.23. The molecule has 2 rings (SSSR count). The van der Waals surface area contributed by atoms with E-state index in [1.54, 1.807) is 0 Å². The molecule has 0 aliphatic heterocycles. The molecule has 0 spiro atoms. The summed E-state index contributed by atoms with van der Waals surface area (Å²) in [7, 11) is 0. The standard InChI is InChI=1S/C14H8F6O2/c15-13(16,17)9-4-5-11(12(21)7-9)8-2-1-3-10(6-8)22-14(18,19)20/h1-7,21H. The van der Waals surface area contributed by atoms with E-state index in [0.717, 1.165) is 24.3 Å². The molecule has 0 saturated heterocycles. The fraction of sp³-hybridized carbons (Fsp3) is 0.143. The number of phenols is 1. The van der Waals surface area contributed by atoms with Crippen LogP contribution in [-0.2, 0) is 6.18 Å². The second-order valence-corrected chi connectivity index (χ2v) is 4.31. The quantitative estimate of drug-likeness (QED) is 0.791. The Morgan fingerprint density at radius 1 is 0.864 bits per heavy atom. The third kappa shape index (κ3) is 3.84. The van der Waals surface area contributed by atoms with Crippen molar-refractivity contribution in [2.75, 3.05) is 0 Å². The lowest BCUT2D eigenvalue weighted by Gasteiger charge is -2.12. The van der Waals surface area contributed by atoms with Crippen LogP contribution in [0.15, 0.2) is 42.5 Å². The lowest BCUT2D eigenvalue weighted by atomic mass is 10.0. The number of benzene rings is 2. The van der Waals surface area contributed by atoms with Crippen LogP contribution in [0, 0.1) is 0 Å². The lowest BCUT2D eigenvalue weighted by Crippen LogP contribution is -2.17. The number of alkyl halides is 6. The summed E-state index contributed by atoms with van der Waals surface area (Å²) < 4.78 is 77.6. The number of halogens is 6. The molecule has 0 radical (unpaired) electrons. The molecule has 0 heterocycles. The first-order chi connectivity index (χ1) is 10.1. The average molecular weight is 322 g/mol. The van der Waals surface area contributed by atoms with Crippen LogP contribution in [0.25, 0.3) is 11.1 Å². The van der Waals surface area contributed by atoms with E-state index >= 15 is 0 Å². The van der Waals surface area contributed by atoms with E-state index in [4.69, 9.17) is 0 Å². The molecular formula is C14H8F6O2. The van der Waals surface area contributed by atoms with Crippen LogP contribution >= 0.6 is 0 Å². The maximum atomic E-state index is 12.5. The molecule has 2 aromatic carbocycles. The normalized spacial score (nSPS) is 12.3. The van der Waals surface area contributed by atoms with Crippen molar-refractivity contribution in [2.45, 2.75) is 12.5 Å². The van der Waals surface area contributed by atoms with Crippen LogP contribution in [0.4, 0.5) is 26.3 Å². The first-order valence-corrected chi connectivity index (χ1v) is 5.83. The van der Waals surface area contributed by atoms with Crippen LogP contribution in [0.5, 0.6) is 11.5 Å². The zero-order valence-electron chi connectivity index (χ0n) is 10.7. The fourth-order valence-corrected chi connectivity index (χ4v) is 1.81. The molecule has 2 nitrogen and oxygen atoms in total. The van der Waals surface area contributed by atoms with Gasteiger partial charge in [-0.3, -0.25) is 0 Å². The van der Waals surface area contributed by atoms with Crippen molar-refractivity contribution in [1.82, 2.24) is 0 Å². The molecule has 0 fully saturated rings. The summed E-state index contributed by atoms with van der Waals surface area (Å²) in [5.41, 5.74) is -1.01. The molecular weight excluding hydrogens is 314 g/mol.